The average Bonchev–Trinajstić information content (AvgIpc) is 3.05. The molecule has 0 unspecified atom stereocenters. The third-order valence-corrected chi connectivity index (χ3v) is 12.5. The zero-order valence-corrected chi connectivity index (χ0v) is 23.6. The van der Waals surface area contributed by atoms with Gasteiger partial charge in [0.15, 0.2) is 8.32 Å². The molecular formula is C29H54O2Si. The van der Waals surface area contributed by atoms with Crippen molar-refractivity contribution in [2.45, 2.75) is 118 Å². The van der Waals surface area contributed by atoms with Crippen LogP contribution in [0.4, 0.5) is 0 Å². The Morgan fingerprint density at radius 3 is 2.25 bits per heavy atom. The zero-order valence-electron chi connectivity index (χ0n) is 22.6. The first-order valence-corrected chi connectivity index (χ1v) is 17.7. The fourth-order valence-electron chi connectivity index (χ4n) is 10.1. The second-order valence-corrected chi connectivity index (χ2v) is 18.7. The number of aliphatic hydroxyl groups is 1. The van der Waals surface area contributed by atoms with Crippen LogP contribution in [-0.2, 0) is 4.43 Å². The van der Waals surface area contributed by atoms with Crippen molar-refractivity contribution >= 4 is 8.32 Å². The van der Waals surface area contributed by atoms with Crippen LogP contribution in [0.5, 0.6) is 0 Å². The Morgan fingerprint density at radius 1 is 0.969 bits per heavy atom. The largest absolute Gasteiger partial charge is 0.414 e. The molecule has 4 rings (SSSR count). The standard InChI is InChI=1S/C29H54O2Si/c1-9-21-25-18-19(2)12-15-29(25,5)24-13-16-28(4)22(20(3)14-17-30)10-11-23(28)26(24)27(21)31-32(6,7)8/h19-27,30H,9-18H2,1-8H3/t19-,20-,21-,22-,23+,24+,25+,26+,27-,28-,29-/m1/s1. The summed E-state index contributed by atoms with van der Waals surface area (Å²) in [6.07, 6.45) is 12.7. The lowest BCUT2D eigenvalue weighted by Gasteiger charge is -2.66. The minimum Gasteiger partial charge on any atom is -0.414 e. The highest BCUT2D eigenvalue weighted by molar-refractivity contribution is 6.69. The maximum absolute atomic E-state index is 9.67. The first-order chi connectivity index (χ1) is 15.0. The summed E-state index contributed by atoms with van der Waals surface area (Å²) < 4.78 is 7.28. The lowest BCUT2D eigenvalue weighted by molar-refractivity contribution is -0.193. The summed E-state index contributed by atoms with van der Waals surface area (Å²) in [5, 5.41) is 9.67. The molecule has 186 valence electrons. The van der Waals surface area contributed by atoms with Crippen molar-refractivity contribution in [3.05, 3.63) is 0 Å². The van der Waals surface area contributed by atoms with Crippen LogP contribution in [0.1, 0.15) is 92.4 Å². The van der Waals surface area contributed by atoms with Crippen molar-refractivity contribution in [3.8, 4) is 0 Å². The van der Waals surface area contributed by atoms with Gasteiger partial charge >= 0.3 is 0 Å². The molecule has 0 aliphatic heterocycles. The number of rotatable bonds is 6. The van der Waals surface area contributed by atoms with E-state index in [2.05, 4.69) is 54.3 Å². The third-order valence-electron chi connectivity index (χ3n) is 11.5. The van der Waals surface area contributed by atoms with Crippen molar-refractivity contribution in [1.29, 1.82) is 0 Å². The molecule has 2 nitrogen and oxygen atoms in total. The molecule has 1 N–H and O–H groups in total. The van der Waals surface area contributed by atoms with Gasteiger partial charge in [0, 0.05) is 6.61 Å². The summed E-state index contributed by atoms with van der Waals surface area (Å²) >= 11 is 0. The fraction of sp³-hybridized carbons (Fsp3) is 1.00. The Labute approximate surface area is 200 Å². The van der Waals surface area contributed by atoms with Crippen molar-refractivity contribution in [1.82, 2.24) is 0 Å². The lowest BCUT2D eigenvalue weighted by atomic mass is 9.41. The second-order valence-electron chi connectivity index (χ2n) is 14.3. The van der Waals surface area contributed by atoms with Crippen molar-refractivity contribution in [3.63, 3.8) is 0 Å². The molecule has 32 heavy (non-hydrogen) atoms. The Hall–Kier alpha value is 0.137. The van der Waals surface area contributed by atoms with Crippen LogP contribution in [0.2, 0.25) is 19.6 Å². The number of hydrogen-bond donors (Lipinski definition) is 1. The summed E-state index contributed by atoms with van der Waals surface area (Å²) in [4.78, 5) is 0. The van der Waals surface area contributed by atoms with Gasteiger partial charge < -0.3 is 9.53 Å². The van der Waals surface area contributed by atoms with E-state index < -0.39 is 8.32 Å². The molecule has 4 saturated carbocycles. The van der Waals surface area contributed by atoms with E-state index >= 15 is 0 Å². The topological polar surface area (TPSA) is 29.5 Å². The van der Waals surface area contributed by atoms with E-state index in [-0.39, 0.29) is 0 Å². The van der Waals surface area contributed by atoms with Gasteiger partial charge in [0.2, 0.25) is 0 Å². The van der Waals surface area contributed by atoms with Gasteiger partial charge in [-0.05, 0) is 123 Å². The summed E-state index contributed by atoms with van der Waals surface area (Å²) in [6.45, 7) is 20.4. The highest BCUT2D eigenvalue weighted by Gasteiger charge is 2.65. The van der Waals surface area contributed by atoms with Gasteiger partial charge in [-0.25, -0.2) is 0 Å². The van der Waals surface area contributed by atoms with Crippen LogP contribution in [0.3, 0.4) is 0 Å². The van der Waals surface area contributed by atoms with Gasteiger partial charge in [-0.2, -0.15) is 0 Å². The third kappa shape index (κ3) is 4.09. The molecule has 4 aliphatic carbocycles. The lowest BCUT2D eigenvalue weighted by Crippen LogP contribution is -2.63. The molecule has 3 heteroatoms. The van der Waals surface area contributed by atoms with Crippen LogP contribution < -0.4 is 0 Å². The van der Waals surface area contributed by atoms with Crippen molar-refractivity contribution < 1.29 is 9.53 Å². The van der Waals surface area contributed by atoms with Crippen LogP contribution in [0.25, 0.3) is 0 Å². The van der Waals surface area contributed by atoms with Gasteiger partial charge in [0.1, 0.15) is 0 Å². The molecule has 0 spiro atoms. The Balaban J connectivity index is 1.74. The molecule has 0 heterocycles. The van der Waals surface area contributed by atoms with Crippen molar-refractivity contribution in [2.75, 3.05) is 6.61 Å². The van der Waals surface area contributed by atoms with Gasteiger partial charge in [0.25, 0.3) is 0 Å². The van der Waals surface area contributed by atoms with Gasteiger partial charge in [0.05, 0.1) is 6.10 Å². The smallest absolute Gasteiger partial charge is 0.184 e. The predicted molar refractivity (Wildman–Crippen MR) is 138 cm³/mol. The van der Waals surface area contributed by atoms with Crippen LogP contribution in [0, 0.1) is 58.2 Å². The Kier molecular flexibility index (Phi) is 7.08. The van der Waals surface area contributed by atoms with Crippen LogP contribution in [-0.4, -0.2) is 26.1 Å². The maximum Gasteiger partial charge on any atom is 0.184 e. The monoisotopic (exact) mass is 462 g/mol. The molecule has 4 aliphatic rings. The van der Waals surface area contributed by atoms with Crippen molar-refractivity contribution in [2.24, 2.45) is 58.2 Å². The first kappa shape index (κ1) is 25.2. The van der Waals surface area contributed by atoms with E-state index in [0.29, 0.717) is 29.5 Å². The SMILES string of the molecule is CC[C@H]1[C@@H](O[Si](C)(C)C)[C@@H]2[C@H](CC[C@]3(C)[C@@H]([C@H](C)CCO)CC[C@@H]23)[C@@]2(C)CC[C@@H](C)C[C@@H]12. The summed E-state index contributed by atoms with van der Waals surface area (Å²) in [6, 6.07) is 0. The Bertz CT molecular complexity index is 658. The van der Waals surface area contributed by atoms with E-state index in [9.17, 15) is 5.11 Å². The number of fused-ring (bicyclic) bond motifs is 5. The highest BCUT2D eigenvalue weighted by atomic mass is 28.4. The summed E-state index contributed by atoms with van der Waals surface area (Å²) in [5.41, 5.74) is 0.966. The normalized spacial score (nSPS) is 49.8. The van der Waals surface area contributed by atoms with E-state index in [1.54, 1.807) is 0 Å². The molecule has 0 aromatic heterocycles. The summed E-state index contributed by atoms with van der Waals surface area (Å²) in [7, 11) is -1.63. The molecule has 0 radical (unpaired) electrons. The first-order valence-electron chi connectivity index (χ1n) is 14.2. The van der Waals surface area contributed by atoms with E-state index in [1.165, 1.54) is 51.4 Å². The van der Waals surface area contributed by atoms with E-state index in [1.807, 2.05) is 0 Å². The highest BCUT2D eigenvalue weighted by Crippen LogP contribution is 2.70. The summed E-state index contributed by atoms with van der Waals surface area (Å²) in [5.74, 6) is 6.34. The molecule has 11 atom stereocenters. The molecule has 0 saturated heterocycles. The molecule has 4 fully saturated rings. The molecule has 0 aromatic rings. The quantitative estimate of drug-likeness (QED) is 0.408. The maximum atomic E-state index is 9.67. The predicted octanol–water partition coefficient (Wildman–Crippen LogP) is 7.77. The molecule has 0 amide bonds. The van der Waals surface area contributed by atoms with Gasteiger partial charge in [-0.1, -0.05) is 47.5 Å². The Morgan fingerprint density at radius 2 is 1.62 bits per heavy atom. The van der Waals surface area contributed by atoms with Crippen LogP contribution in [0.15, 0.2) is 0 Å². The fourth-order valence-corrected chi connectivity index (χ4v) is 11.2. The molecule has 0 aromatic carbocycles. The number of hydrogen-bond acceptors (Lipinski definition) is 2. The second kappa shape index (κ2) is 8.97. The minimum atomic E-state index is -1.63. The molecular weight excluding hydrogens is 408 g/mol. The molecule has 0 bridgehead atoms. The average molecular weight is 463 g/mol. The van der Waals surface area contributed by atoms with E-state index in [4.69, 9.17) is 4.43 Å². The number of aliphatic hydroxyl groups excluding tert-OH is 1. The van der Waals surface area contributed by atoms with E-state index in [0.717, 1.165) is 47.8 Å². The van der Waals surface area contributed by atoms with Crippen LogP contribution >= 0.6 is 0 Å². The van der Waals surface area contributed by atoms with Gasteiger partial charge in [-0.15, -0.1) is 0 Å². The zero-order chi connectivity index (χ0) is 23.5. The van der Waals surface area contributed by atoms with Gasteiger partial charge in [-0.3, -0.25) is 0 Å². The minimum absolute atomic E-state index is 0.349.